The molecule has 1 unspecified atom stereocenters. The molecule has 0 aliphatic carbocycles. The van der Waals surface area contributed by atoms with Gasteiger partial charge in [-0.05, 0) is 30.0 Å². The van der Waals surface area contributed by atoms with Crippen LogP contribution in [-0.4, -0.2) is 46.5 Å². The number of piperidine rings is 1. The van der Waals surface area contributed by atoms with Crippen molar-refractivity contribution in [2.75, 3.05) is 24.1 Å². The summed E-state index contributed by atoms with van der Waals surface area (Å²) in [6.45, 7) is 4.15. The van der Waals surface area contributed by atoms with Crippen LogP contribution >= 0.6 is 0 Å². The molecule has 2 rings (SSSR count). The minimum Gasteiger partial charge on any atom is -0.327 e. The third kappa shape index (κ3) is 4.05. The Balaban J connectivity index is 2.33. The van der Waals surface area contributed by atoms with Gasteiger partial charge in [-0.25, -0.2) is 21.2 Å². The van der Waals surface area contributed by atoms with Crippen LogP contribution in [0.15, 0.2) is 23.1 Å². The zero-order valence-corrected chi connectivity index (χ0v) is 15.4. The largest absolute Gasteiger partial charge is 0.327 e. The lowest BCUT2D eigenvalue weighted by molar-refractivity contribution is 0.155. The van der Waals surface area contributed by atoms with Gasteiger partial charge in [-0.3, -0.25) is 4.72 Å². The van der Waals surface area contributed by atoms with E-state index < -0.39 is 36.2 Å². The fourth-order valence-corrected chi connectivity index (χ4v) is 4.88. The van der Waals surface area contributed by atoms with E-state index in [1.165, 1.54) is 10.4 Å². The van der Waals surface area contributed by atoms with Crippen molar-refractivity contribution in [1.29, 1.82) is 0 Å². The highest BCUT2D eigenvalue weighted by atomic mass is 32.2. The van der Waals surface area contributed by atoms with Crippen LogP contribution < -0.4 is 10.5 Å². The first-order chi connectivity index (χ1) is 10.8. The second kappa shape index (κ2) is 6.25. The predicted molar refractivity (Wildman–Crippen MR) is 90.0 cm³/mol. The van der Waals surface area contributed by atoms with Crippen molar-refractivity contribution in [3.8, 4) is 0 Å². The summed E-state index contributed by atoms with van der Waals surface area (Å²) < 4.78 is 65.4. The van der Waals surface area contributed by atoms with E-state index in [0.29, 0.717) is 6.42 Å². The molecular weight excluding hydrogens is 357 g/mol. The Morgan fingerprint density at radius 3 is 2.42 bits per heavy atom. The molecule has 24 heavy (non-hydrogen) atoms. The van der Waals surface area contributed by atoms with E-state index in [1.807, 2.05) is 13.8 Å². The molecule has 136 valence electrons. The minimum absolute atomic E-state index is 0.0325. The molecule has 1 atom stereocenters. The van der Waals surface area contributed by atoms with Crippen LogP contribution in [0, 0.1) is 11.2 Å². The number of anilines is 1. The van der Waals surface area contributed by atoms with E-state index in [1.54, 1.807) is 0 Å². The van der Waals surface area contributed by atoms with Crippen molar-refractivity contribution in [3.63, 3.8) is 0 Å². The molecule has 1 aliphatic heterocycles. The van der Waals surface area contributed by atoms with Gasteiger partial charge in [0.05, 0.1) is 11.9 Å². The van der Waals surface area contributed by atoms with Gasteiger partial charge >= 0.3 is 0 Å². The monoisotopic (exact) mass is 379 g/mol. The van der Waals surface area contributed by atoms with E-state index in [2.05, 4.69) is 4.72 Å². The third-order valence-electron chi connectivity index (χ3n) is 4.13. The van der Waals surface area contributed by atoms with Crippen molar-refractivity contribution in [2.45, 2.75) is 31.2 Å². The number of hydrogen-bond acceptors (Lipinski definition) is 5. The lowest BCUT2D eigenvalue weighted by Gasteiger charge is -2.41. The molecule has 0 spiro atoms. The first-order valence-electron chi connectivity index (χ1n) is 7.36. The van der Waals surface area contributed by atoms with Gasteiger partial charge < -0.3 is 5.73 Å². The Kier molecular flexibility index (Phi) is 4.97. The zero-order chi connectivity index (χ0) is 18.3. The van der Waals surface area contributed by atoms with E-state index in [-0.39, 0.29) is 24.8 Å². The van der Waals surface area contributed by atoms with Crippen molar-refractivity contribution in [2.24, 2.45) is 11.1 Å². The average molecular weight is 379 g/mol. The van der Waals surface area contributed by atoms with E-state index >= 15 is 0 Å². The molecule has 1 saturated heterocycles. The zero-order valence-electron chi connectivity index (χ0n) is 13.8. The smallest absolute Gasteiger partial charge is 0.246 e. The van der Waals surface area contributed by atoms with Crippen LogP contribution in [0.3, 0.4) is 0 Å². The predicted octanol–water partition coefficient (Wildman–Crippen LogP) is 0.945. The molecular formula is C14H22FN3O4S2. The molecule has 0 aromatic heterocycles. The fraction of sp³-hybridized carbons (Fsp3) is 0.571. The van der Waals surface area contributed by atoms with Crippen LogP contribution in [0.25, 0.3) is 0 Å². The maximum atomic E-state index is 14.3. The summed E-state index contributed by atoms with van der Waals surface area (Å²) in [6, 6.07) is 3.02. The number of nitrogens with one attached hydrogen (secondary N) is 1. The van der Waals surface area contributed by atoms with E-state index in [0.717, 1.165) is 18.4 Å². The second-order valence-electron chi connectivity index (χ2n) is 6.74. The Morgan fingerprint density at radius 2 is 1.92 bits per heavy atom. The van der Waals surface area contributed by atoms with Gasteiger partial charge in [-0.15, -0.1) is 0 Å². The van der Waals surface area contributed by atoms with Gasteiger partial charge in [0.1, 0.15) is 10.7 Å². The lowest BCUT2D eigenvalue weighted by Crippen LogP contribution is -2.53. The van der Waals surface area contributed by atoms with E-state index in [9.17, 15) is 21.2 Å². The molecule has 1 fully saturated rings. The number of nitrogens with zero attached hydrogens (tertiary/aromatic N) is 1. The van der Waals surface area contributed by atoms with E-state index in [4.69, 9.17) is 5.73 Å². The minimum atomic E-state index is -4.02. The third-order valence-corrected chi connectivity index (χ3v) is 6.61. The number of benzene rings is 1. The Morgan fingerprint density at radius 1 is 1.29 bits per heavy atom. The molecule has 1 aromatic carbocycles. The molecule has 0 amide bonds. The summed E-state index contributed by atoms with van der Waals surface area (Å²) in [6.07, 6.45) is 1.41. The Bertz CT molecular complexity index is 838. The van der Waals surface area contributed by atoms with Gasteiger partial charge in [0.15, 0.2) is 0 Å². The van der Waals surface area contributed by atoms with Crippen LogP contribution in [0.1, 0.15) is 20.3 Å². The topological polar surface area (TPSA) is 110 Å². The SMILES string of the molecule is CC1(C)CN(S(=O)(=O)c2ccc(NS(C)(=O)=O)cc2F)CCC1N. The molecule has 0 saturated carbocycles. The number of sulfonamides is 2. The van der Waals surface area contributed by atoms with Gasteiger partial charge in [-0.1, -0.05) is 13.8 Å². The molecule has 10 heteroatoms. The van der Waals surface area contributed by atoms with Gasteiger partial charge in [0.25, 0.3) is 0 Å². The summed E-state index contributed by atoms with van der Waals surface area (Å²) in [5.41, 5.74) is 5.55. The molecule has 0 bridgehead atoms. The molecule has 0 radical (unpaired) electrons. The number of nitrogens with two attached hydrogens (primary N) is 1. The summed E-state index contributed by atoms with van der Waals surface area (Å²) in [5.74, 6) is -1.00. The molecule has 1 heterocycles. The summed E-state index contributed by atoms with van der Waals surface area (Å²) in [7, 11) is -7.60. The van der Waals surface area contributed by atoms with Crippen molar-refractivity contribution < 1.29 is 21.2 Å². The van der Waals surface area contributed by atoms with Crippen LogP contribution in [0.5, 0.6) is 0 Å². The first kappa shape index (κ1) is 19.1. The quantitative estimate of drug-likeness (QED) is 0.809. The van der Waals surface area contributed by atoms with Gasteiger partial charge in [0, 0.05) is 19.1 Å². The molecule has 1 aliphatic rings. The number of rotatable bonds is 4. The molecule has 3 N–H and O–H groups in total. The second-order valence-corrected chi connectivity index (χ2v) is 10.4. The summed E-state index contributed by atoms with van der Waals surface area (Å²) in [4.78, 5) is -0.479. The maximum absolute atomic E-state index is 14.3. The lowest BCUT2D eigenvalue weighted by atomic mass is 9.81. The first-order valence-corrected chi connectivity index (χ1v) is 10.7. The average Bonchev–Trinajstić information content (AvgIpc) is 2.39. The highest BCUT2D eigenvalue weighted by Gasteiger charge is 2.39. The van der Waals surface area contributed by atoms with Crippen molar-refractivity contribution in [1.82, 2.24) is 4.31 Å². The van der Waals surface area contributed by atoms with Crippen molar-refractivity contribution in [3.05, 3.63) is 24.0 Å². The van der Waals surface area contributed by atoms with Crippen LogP contribution in [0.2, 0.25) is 0 Å². The Labute approximate surface area is 142 Å². The number of halogens is 1. The fourth-order valence-electron chi connectivity index (χ4n) is 2.66. The molecule has 7 nitrogen and oxygen atoms in total. The van der Waals surface area contributed by atoms with Crippen LogP contribution in [0.4, 0.5) is 10.1 Å². The van der Waals surface area contributed by atoms with Crippen molar-refractivity contribution >= 4 is 25.7 Å². The number of hydrogen-bond donors (Lipinski definition) is 2. The van der Waals surface area contributed by atoms with Crippen LogP contribution in [-0.2, 0) is 20.0 Å². The molecule has 1 aromatic rings. The summed E-state index contributed by atoms with van der Waals surface area (Å²) >= 11 is 0. The highest BCUT2D eigenvalue weighted by molar-refractivity contribution is 7.92. The van der Waals surface area contributed by atoms with Gasteiger partial charge in [0.2, 0.25) is 20.0 Å². The normalized spacial score (nSPS) is 22.3. The highest BCUT2D eigenvalue weighted by Crippen LogP contribution is 2.32. The van der Waals surface area contributed by atoms with Gasteiger partial charge in [-0.2, -0.15) is 4.31 Å². The maximum Gasteiger partial charge on any atom is 0.246 e. The standard InChI is InChI=1S/C14H22FN3O4S2/c1-14(2)9-18(7-6-13(14)16)24(21,22)12-5-4-10(8-11(12)15)17-23(3,19)20/h4-5,8,13,17H,6-7,9,16H2,1-3H3. The summed E-state index contributed by atoms with van der Waals surface area (Å²) in [5, 5.41) is 0. The Hall–Kier alpha value is -1.23.